The number of carbonyl (C=O) groups is 1. The number of likely N-dealkylation sites (tertiary alicyclic amines) is 2. The molecule has 2 atom stereocenters. The van der Waals surface area contributed by atoms with Crippen molar-refractivity contribution >= 4 is 5.91 Å². The van der Waals surface area contributed by atoms with Crippen LogP contribution in [-0.4, -0.2) is 54.6 Å². The third-order valence-corrected chi connectivity index (χ3v) is 6.40. The average Bonchev–Trinajstić information content (AvgIpc) is 2.69. The normalized spacial score (nSPS) is 28.0. The highest BCUT2D eigenvalue weighted by Crippen LogP contribution is 2.33. The number of amides is 1. The Morgan fingerprint density at radius 1 is 1.12 bits per heavy atom. The maximum Gasteiger partial charge on any atom is 0.225 e. The van der Waals surface area contributed by atoms with Crippen molar-refractivity contribution < 1.29 is 13.9 Å². The minimum Gasteiger partial charge on any atom is -0.381 e. The molecule has 3 heterocycles. The fraction of sp³-hybridized carbons (Fsp3) is 0.667. The van der Waals surface area contributed by atoms with Gasteiger partial charge in [-0.2, -0.15) is 0 Å². The van der Waals surface area contributed by atoms with E-state index in [0.29, 0.717) is 37.6 Å². The lowest BCUT2D eigenvalue weighted by atomic mass is 9.83. The summed E-state index contributed by atoms with van der Waals surface area (Å²) >= 11 is 0. The van der Waals surface area contributed by atoms with Gasteiger partial charge in [0.05, 0.1) is 0 Å². The van der Waals surface area contributed by atoms with Crippen molar-refractivity contribution in [3.05, 3.63) is 35.6 Å². The first kappa shape index (κ1) is 17.9. The summed E-state index contributed by atoms with van der Waals surface area (Å²) in [6, 6.07) is 7.57. The van der Waals surface area contributed by atoms with Gasteiger partial charge in [-0.25, -0.2) is 4.39 Å². The number of fused-ring (bicyclic) bond motifs is 1. The van der Waals surface area contributed by atoms with E-state index < -0.39 is 0 Å². The van der Waals surface area contributed by atoms with Gasteiger partial charge >= 0.3 is 0 Å². The van der Waals surface area contributed by atoms with E-state index in [-0.39, 0.29) is 11.7 Å². The predicted octanol–water partition coefficient (Wildman–Crippen LogP) is 3.07. The van der Waals surface area contributed by atoms with Gasteiger partial charge < -0.3 is 9.64 Å². The molecule has 0 radical (unpaired) electrons. The van der Waals surface area contributed by atoms with Gasteiger partial charge in [-0.1, -0.05) is 18.2 Å². The van der Waals surface area contributed by atoms with E-state index in [0.717, 1.165) is 50.9 Å². The quantitative estimate of drug-likeness (QED) is 0.831. The van der Waals surface area contributed by atoms with Gasteiger partial charge in [0.1, 0.15) is 5.82 Å². The fourth-order valence-electron chi connectivity index (χ4n) is 4.95. The molecule has 0 aromatic heterocycles. The number of piperidine rings is 2. The average molecular weight is 360 g/mol. The molecule has 1 aromatic rings. The number of ether oxygens (including phenoxy) is 1. The van der Waals surface area contributed by atoms with Crippen molar-refractivity contribution in [3.8, 4) is 0 Å². The molecule has 0 bridgehead atoms. The summed E-state index contributed by atoms with van der Waals surface area (Å²) in [6.45, 7) is 4.85. The fourth-order valence-corrected chi connectivity index (χ4v) is 4.95. The second-order valence-electron chi connectivity index (χ2n) is 7.99. The summed E-state index contributed by atoms with van der Waals surface area (Å²) < 4.78 is 19.4. The zero-order valence-corrected chi connectivity index (χ0v) is 15.4. The topological polar surface area (TPSA) is 32.8 Å². The summed E-state index contributed by atoms with van der Waals surface area (Å²) in [5, 5.41) is 0. The lowest BCUT2D eigenvalue weighted by Crippen LogP contribution is -2.55. The first-order valence-corrected chi connectivity index (χ1v) is 10.1. The first-order valence-electron chi connectivity index (χ1n) is 10.1. The molecule has 142 valence electrons. The van der Waals surface area contributed by atoms with E-state index in [4.69, 9.17) is 4.74 Å². The highest BCUT2D eigenvalue weighted by molar-refractivity contribution is 5.79. The van der Waals surface area contributed by atoms with Crippen molar-refractivity contribution in [2.75, 3.05) is 32.8 Å². The predicted molar refractivity (Wildman–Crippen MR) is 98.1 cm³/mol. The number of rotatable bonds is 3. The maximum absolute atomic E-state index is 14.1. The molecule has 4 nitrogen and oxygen atoms in total. The van der Waals surface area contributed by atoms with Crippen LogP contribution in [0.25, 0.3) is 0 Å². The summed E-state index contributed by atoms with van der Waals surface area (Å²) in [5.74, 6) is 0.895. The smallest absolute Gasteiger partial charge is 0.225 e. The third-order valence-electron chi connectivity index (χ3n) is 6.40. The van der Waals surface area contributed by atoms with Crippen molar-refractivity contribution in [3.63, 3.8) is 0 Å². The molecule has 3 saturated heterocycles. The number of hydrogen-bond donors (Lipinski definition) is 0. The van der Waals surface area contributed by atoms with Gasteiger partial charge in [-0.05, 0) is 50.6 Å². The Hall–Kier alpha value is -1.46. The number of nitrogens with zero attached hydrogens (tertiary/aromatic N) is 2. The highest BCUT2D eigenvalue weighted by atomic mass is 19.1. The molecule has 3 fully saturated rings. The molecule has 0 saturated carbocycles. The van der Waals surface area contributed by atoms with E-state index in [9.17, 15) is 9.18 Å². The van der Waals surface area contributed by atoms with E-state index in [1.54, 1.807) is 12.1 Å². The third kappa shape index (κ3) is 3.79. The number of halogens is 1. The van der Waals surface area contributed by atoms with Crippen LogP contribution in [0.3, 0.4) is 0 Å². The molecule has 3 aliphatic rings. The van der Waals surface area contributed by atoms with E-state index in [1.807, 2.05) is 12.1 Å². The maximum atomic E-state index is 14.1. The Morgan fingerprint density at radius 3 is 2.73 bits per heavy atom. The molecule has 26 heavy (non-hydrogen) atoms. The lowest BCUT2D eigenvalue weighted by Gasteiger charge is -2.48. The van der Waals surface area contributed by atoms with Crippen molar-refractivity contribution in [1.29, 1.82) is 0 Å². The molecule has 0 N–H and O–H groups in total. The molecular weight excluding hydrogens is 331 g/mol. The molecule has 1 amide bonds. The van der Waals surface area contributed by atoms with Crippen LogP contribution in [0.2, 0.25) is 0 Å². The Balaban J connectivity index is 1.39. The van der Waals surface area contributed by atoms with Gasteiger partial charge in [0, 0.05) is 50.4 Å². The van der Waals surface area contributed by atoms with Crippen LogP contribution in [0.15, 0.2) is 24.3 Å². The SMILES string of the molecule is O=C(C1CCOCC1)N1CC[C@H]2[C@H](CCCN2Cc2ccccc2F)C1. The first-order chi connectivity index (χ1) is 12.7. The summed E-state index contributed by atoms with van der Waals surface area (Å²) in [4.78, 5) is 17.4. The number of carbonyl (C=O) groups excluding carboxylic acids is 1. The van der Waals surface area contributed by atoms with Crippen LogP contribution in [-0.2, 0) is 16.1 Å². The van der Waals surface area contributed by atoms with Crippen molar-refractivity contribution in [2.45, 2.75) is 44.7 Å². The van der Waals surface area contributed by atoms with Crippen LogP contribution in [0.4, 0.5) is 4.39 Å². The summed E-state index contributed by atoms with van der Waals surface area (Å²) in [5.41, 5.74) is 0.786. The lowest BCUT2D eigenvalue weighted by molar-refractivity contribution is -0.142. The van der Waals surface area contributed by atoms with E-state index >= 15 is 0 Å². The molecule has 3 aliphatic heterocycles. The Bertz CT molecular complexity index is 632. The minimum absolute atomic E-state index is 0.109. The standard InChI is InChI=1S/C21H29FN2O2/c22-19-6-2-1-4-17(19)14-23-10-3-5-18-15-24(11-7-20(18)23)21(25)16-8-12-26-13-9-16/h1-2,4,6,16,18,20H,3,5,7-15H2/t18-,20+/m1/s1. The monoisotopic (exact) mass is 360 g/mol. The van der Waals surface area contributed by atoms with Crippen molar-refractivity contribution in [2.24, 2.45) is 11.8 Å². The molecule has 0 aliphatic carbocycles. The van der Waals surface area contributed by atoms with Crippen molar-refractivity contribution in [1.82, 2.24) is 9.80 Å². The van der Waals surface area contributed by atoms with Gasteiger partial charge in [-0.15, -0.1) is 0 Å². The Kier molecular flexibility index (Phi) is 5.55. The Labute approximate surface area is 155 Å². The Morgan fingerprint density at radius 2 is 1.92 bits per heavy atom. The highest BCUT2D eigenvalue weighted by Gasteiger charge is 2.38. The zero-order chi connectivity index (χ0) is 17.9. The largest absolute Gasteiger partial charge is 0.381 e. The number of benzene rings is 1. The summed E-state index contributed by atoms with van der Waals surface area (Å²) in [6.07, 6.45) is 5.05. The van der Waals surface area contributed by atoms with E-state index in [2.05, 4.69) is 9.80 Å². The van der Waals surface area contributed by atoms with Gasteiger partial charge in [0.2, 0.25) is 5.91 Å². The minimum atomic E-state index is -0.109. The second-order valence-corrected chi connectivity index (χ2v) is 7.99. The van der Waals surface area contributed by atoms with Crippen LogP contribution in [0, 0.1) is 17.7 Å². The van der Waals surface area contributed by atoms with Crippen LogP contribution >= 0.6 is 0 Å². The molecule has 5 heteroatoms. The zero-order valence-electron chi connectivity index (χ0n) is 15.4. The van der Waals surface area contributed by atoms with Crippen LogP contribution < -0.4 is 0 Å². The summed E-state index contributed by atoms with van der Waals surface area (Å²) in [7, 11) is 0. The molecule has 4 rings (SSSR count). The van der Waals surface area contributed by atoms with E-state index in [1.165, 1.54) is 6.42 Å². The van der Waals surface area contributed by atoms with Gasteiger partial charge in [0.15, 0.2) is 0 Å². The molecule has 1 aromatic carbocycles. The van der Waals surface area contributed by atoms with Gasteiger partial charge in [0.25, 0.3) is 0 Å². The molecular formula is C21H29FN2O2. The van der Waals surface area contributed by atoms with Crippen LogP contribution in [0.5, 0.6) is 0 Å². The van der Waals surface area contributed by atoms with Gasteiger partial charge in [-0.3, -0.25) is 9.69 Å². The van der Waals surface area contributed by atoms with Crippen LogP contribution in [0.1, 0.15) is 37.7 Å². The second kappa shape index (κ2) is 8.05. The number of hydrogen-bond acceptors (Lipinski definition) is 3. The molecule has 0 spiro atoms. The molecule has 0 unspecified atom stereocenters.